The average Bonchev–Trinajstić information content (AvgIpc) is 2.64. The number of anilines is 1. The minimum Gasteiger partial charge on any atom is -0.379 e. The van der Waals surface area contributed by atoms with Crippen LogP contribution in [0.3, 0.4) is 0 Å². The Labute approximate surface area is 151 Å². The van der Waals surface area contributed by atoms with Crippen molar-refractivity contribution < 1.29 is 27.1 Å². The number of sulfonamides is 1. The molecule has 2 aliphatic heterocycles. The Morgan fingerprint density at radius 3 is 2.73 bits per heavy atom. The number of carbonyl (C=O) groups excluding carboxylic acids is 1. The molecule has 144 valence electrons. The van der Waals surface area contributed by atoms with Crippen LogP contribution in [0.25, 0.3) is 0 Å². The van der Waals surface area contributed by atoms with Gasteiger partial charge in [0.1, 0.15) is 16.8 Å². The first-order chi connectivity index (χ1) is 12.4. The minimum absolute atomic E-state index is 0.166. The molecule has 2 atom stereocenters. The molecule has 1 amide bonds. The van der Waals surface area contributed by atoms with E-state index in [0.717, 1.165) is 12.1 Å². The van der Waals surface area contributed by atoms with Crippen molar-refractivity contribution in [3.05, 3.63) is 24.0 Å². The van der Waals surface area contributed by atoms with E-state index in [1.165, 1.54) is 10.4 Å². The van der Waals surface area contributed by atoms with Gasteiger partial charge in [-0.3, -0.25) is 4.79 Å². The molecule has 0 radical (unpaired) electrons. The van der Waals surface area contributed by atoms with Crippen molar-refractivity contribution in [1.82, 2.24) is 9.62 Å². The second kappa shape index (κ2) is 7.97. The van der Waals surface area contributed by atoms with Gasteiger partial charge in [-0.05, 0) is 25.1 Å². The lowest BCUT2D eigenvalue weighted by atomic mass is 10.1. The van der Waals surface area contributed by atoms with Crippen molar-refractivity contribution in [2.24, 2.45) is 0 Å². The number of morpholine rings is 2. The first-order valence-electron chi connectivity index (χ1n) is 8.43. The lowest BCUT2D eigenvalue weighted by molar-refractivity contribution is -0.123. The Morgan fingerprint density at radius 1 is 1.31 bits per heavy atom. The molecule has 0 saturated carbocycles. The van der Waals surface area contributed by atoms with Gasteiger partial charge < -0.3 is 20.1 Å². The van der Waals surface area contributed by atoms with Crippen LogP contribution in [0.4, 0.5) is 10.1 Å². The van der Waals surface area contributed by atoms with Gasteiger partial charge in [0.15, 0.2) is 0 Å². The van der Waals surface area contributed by atoms with Gasteiger partial charge in [-0.2, -0.15) is 4.31 Å². The summed E-state index contributed by atoms with van der Waals surface area (Å²) in [5.74, 6) is -1.22. The summed E-state index contributed by atoms with van der Waals surface area (Å²) in [7, 11) is -4.00. The topological polar surface area (TPSA) is 97.0 Å². The highest BCUT2D eigenvalue weighted by Crippen LogP contribution is 2.24. The van der Waals surface area contributed by atoms with Gasteiger partial charge in [0, 0.05) is 25.3 Å². The molecular formula is C16H22FN3O5S. The van der Waals surface area contributed by atoms with E-state index >= 15 is 0 Å². The molecule has 26 heavy (non-hydrogen) atoms. The molecule has 10 heteroatoms. The van der Waals surface area contributed by atoms with Gasteiger partial charge in [0.2, 0.25) is 15.9 Å². The molecule has 0 aromatic heterocycles. The molecule has 0 aliphatic carbocycles. The Morgan fingerprint density at radius 2 is 2.04 bits per heavy atom. The Kier molecular flexibility index (Phi) is 5.88. The number of hydrogen-bond acceptors (Lipinski definition) is 6. The lowest BCUT2D eigenvalue weighted by Gasteiger charge is -2.29. The molecule has 8 nitrogen and oxygen atoms in total. The SMILES string of the molecule is C[C@H]1OCCN[C@@H]1C(=O)Nc1ccc(F)c(S(=O)(=O)N2CCOCC2)c1. The zero-order chi connectivity index (χ0) is 18.7. The molecule has 2 aliphatic rings. The van der Waals surface area contributed by atoms with Crippen LogP contribution < -0.4 is 10.6 Å². The molecule has 0 bridgehead atoms. The number of carbonyl (C=O) groups is 1. The maximum absolute atomic E-state index is 14.2. The van der Waals surface area contributed by atoms with E-state index in [0.29, 0.717) is 13.2 Å². The quantitative estimate of drug-likeness (QED) is 0.764. The second-order valence-electron chi connectivity index (χ2n) is 6.16. The van der Waals surface area contributed by atoms with Gasteiger partial charge in [-0.15, -0.1) is 0 Å². The summed E-state index contributed by atoms with van der Waals surface area (Å²) in [6.07, 6.45) is -0.319. The largest absolute Gasteiger partial charge is 0.379 e. The van der Waals surface area contributed by atoms with Gasteiger partial charge in [-0.25, -0.2) is 12.8 Å². The highest BCUT2D eigenvalue weighted by Gasteiger charge is 2.31. The molecule has 2 fully saturated rings. The van der Waals surface area contributed by atoms with Gasteiger partial charge in [0.05, 0.1) is 25.9 Å². The van der Waals surface area contributed by atoms with Crippen LogP contribution >= 0.6 is 0 Å². The average molecular weight is 387 g/mol. The van der Waals surface area contributed by atoms with Gasteiger partial charge in [-0.1, -0.05) is 0 Å². The Hall–Kier alpha value is -1.59. The monoisotopic (exact) mass is 387 g/mol. The Bertz CT molecular complexity index is 767. The molecule has 0 spiro atoms. The second-order valence-corrected chi connectivity index (χ2v) is 8.06. The third kappa shape index (κ3) is 4.04. The van der Waals surface area contributed by atoms with E-state index < -0.39 is 26.8 Å². The first-order valence-corrected chi connectivity index (χ1v) is 9.87. The number of halogens is 1. The van der Waals surface area contributed by atoms with Crippen molar-refractivity contribution in [3.8, 4) is 0 Å². The zero-order valence-corrected chi connectivity index (χ0v) is 15.2. The number of benzene rings is 1. The van der Waals surface area contributed by atoms with Gasteiger partial charge in [0.25, 0.3) is 0 Å². The van der Waals surface area contributed by atoms with Gasteiger partial charge >= 0.3 is 0 Å². The summed E-state index contributed by atoms with van der Waals surface area (Å²) in [6.45, 7) is 3.70. The predicted molar refractivity (Wildman–Crippen MR) is 91.8 cm³/mol. The third-order valence-corrected chi connectivity index (χ3v) is 6.30. The highest BCUT2D eigenvalue weighted by molar-refractivity contribution is 7.89. The predicted octanol–water partition coefficient (Wildman–Crippen LogP) is 0.162. The fourth-order valence-corrected chi connectivity index (χ4v) is 4.45. The zero-order valence-electron chi connectivity index (χ0n) is 14.4. The van der Waals surface area contributed by atoms with E-state index in [1.54, 1.807) is 6.92 Å². The van der Waals surface area contributed by atoms with Crippen molar-refractivity contribution in [2.75, 3.05) is 44.8 Å². The summed E-state index contributed by atoms with van der Waals surface area (Å²) < 4.78 is 51.3. The van der Waals surface area contributed by atoms with Crippen molar-refractivity contribution >= 4 is 21.6 Å². The van der Waals surface area contributed by atoms with E-state index in [9.17, 15) is 17.6 Å². The van der Waals surface area contributed by atoms with Crippen LogP contribution in [0.1, 0.15) is 6.92 Å². The normalized spacial score (nSPS) is 25.0. The van der Waals surface area contributed by atoms with E-state index in [4.69, 9.17) is 9.47 Å². The summed E-state index contributed by atoms with van der Waals surface area (Å²) in [6, 6.07) is 2.96. The molecule has 1 aromatic carbocycles. The van der Waals surface area contributed by atoms with Crippen molar-refractivity contribution in [3.63, 3.8) is 0 Å². The smallest absolute Gasteiger partial charge is 0.246 e. The van der Waals surface area contributed by atoms with Crippen molar-refractivity contribution in [1.29, 1.82) is 0 Å². The number of rotatable bonds is 4. The molecule has 0 unspecified atom stereocenters. The number of hydrogen-bond donors (Lipinski definition) is 2. The summed E-state index contributed by atoms with van der Waals surface area (Å²) >= 11 is 0. The van der Waals surface area contributed by atoms with E-state index in [1.807, 2.05) is 0 Å². The molecule has 1 aromatic rings. The van der Waals surface area contributed by atoms with Crippen LogP contribution in [0.15, 0.2) is 23.1 Å². The summed E-state index contributed by atoms with van der Waals surface area (Å²) in [5, 5.41) is 5.67. The van der Waals surface area contributed by atoms with Crippen LogP contribution in [-0.4, -0.2) is 70.2 Å². The number of nitrogens with one attached hydrogen (secondary N) is 2. The van der Waals surface area contributed by atoms with Crippen LogP contribution in [0.2, 0.25) is 0 Å². The molecule has 2 heterocycles. The molecular weight excluding hydrogens is 365 g/mol. The fourth-order valence-electron chi connectivity index (χ4n) is 2.95. The number of ether oxygens (including phenoxy) is 2. The lowest BCUT2D eigenvalue weighted by Crippen LogP contribution is -2.53. The Balaban J connectivity index is 1.80. The molecule has 2 N–H and O–H groups in total. The minimum atomic E-state index is -4.00. The maximum atomic E-state index is 14.2. The number of nitrogens with zero attached hydrogens (tertiary/aromatic N) is 1. The summed E-state index contributed by atoms with van der Waals surface area (Å²) in [5.41, 5.74) is 0.211. The standard InChI is InChI=1S/C16H22FN3O5S/c1-11-15(18-4-7-25-11)16(21)19-12-2-3-13(17)14(10-12)26(22,23)20-5-8-24-9-6-20/h2-3,10-11,15,18H,4-9H2,1H3,(H,19,21)/t11-,15+/m1/s1. The molecule has 2 saturated heterocycles. The molecule has 3 rings (SSSR count). The fraction of sp³-hybridized carbons (Fsp3) is 0.562. The number of amides is 1. The first kappa shape index (κ1) is 19.2. The highest BCUT2D eigenvalue weighted by atomic mass is 32.2. The van der Waals surface area contributed by atoms with Crippen LogP contribution in [0.5, 0.6) is 0 Å². The van der Waals surface area contributed by atoms with Crippen molar-refractivity contribution in [2.45, 2.75) is 24.0 Å². The van der Waals surface area contributed by atoms with Crippen LogP contribution in [-0.2, 0) is 24.3 Å². The summed E-state index contributed by atoms with van der Waals surface area (Å²) in [4.78, 5) is 11.9. The maximum Gasteiger partial charge on any atom is 0.246 e. The van der Waals surface area contributed by atoms with Crippen LogP contribution in [0, 0.1) is 5.82 Å². The third-order valence-electron chi connectivity index (χ3n) is 4.39. The van der Waals surface area contributed by atoms with E-state index in [2.05, 4.69) is 10.6 Å². The van der Waals surface area contributed by atoms with E-state index in [-0.39, 0.29) is 44.0 Å².